The van der Waals surface area contributed by atoms with Crippen molar-refractivity contribution < 1.29 is 24.5 Å². The number of hydrogen-bond donors (Lipinski definition) is 2. The summed E-state index contributed by atoms with van der Waals surface area (Å²) in [6.45, 7) is 3.82. The number of aliphatic hydroxyl groups excluding tert-OH is 2. The van der Waals surface area contributed by atoms with Crippen LogP contribution in [0.15, 0.2) is 23.8 Å². The molecule has 4 aliphatic rings. The van der Waals surface area contributed by atoms with Gasteiger partial charge in [-0.1, -0.05) is 32.1 Å². The molecule has 5 nitrogen and oxygen atoms in total. The van der Waals surface area contributed by atoms with E-state index in [1.165, 1.54) is 0 Å². The minimum Gasteiger partial charge on any atom is -0.462 e. The van der Waals surface area contributed by atoms with E-state index in [1.807, 2.05) is 13.8 Å². The number of cyclic esters (lactones) is 1. The molecule has 29 heavy (non-hydrogen) atoms. The Morgan fingerprint density at radius 2 is 1.90 bits per heavy atom. The summed E-state index contributed by atoms with van der Waals surface area (Å²) in [4.78, 5) is 26.1. The number of Topliss-reactive ketones (excluding diaryl/α,β-unsaturated/α-hetero) is 1. The number of ketones is 1. The molecule has 1 saturated carbocycles. The van der Waals surface area contributed by atoms with E-state index in [-0.39, 0.29) is 48.1 Å². The highest BCUT2D eigenvalue weighted by atomic mass is 16.5. The molecule has 2 N–H and O–H groups in total. The zero-order chi connectivity index (χ0) is 20.7. The lowest BCUT2D eigenvalue weighted by Crippen LogP contribution is -2.33. The molecule has 0 amide bonds. The Balaban J connectivity index is 1.65. The molecule has 0 aromatic rings. The Morgan fingerprint density at radius 3 is 2.66 bits per heavy atom. The maximum atomic E-state index is 13.3. The van der Waals surface area contributed by atoms with E-state index in [0.29, 0.717) is 23.8 Å². The van der Waals surface area contributed by atoms with Gasteiger partial charge in [0.05, 0.1) is 18.6 Å². The van der Waals surface area contributed by atoms with Crippen molar-refractivity contribution in [2.45, 2.75) is 77.1 Å². The molecule has 5 heteroatoms. The third-order valence-electron chi connectivity index (χ3n) is 7.84. The van der Waals surface area contributed by atoms with E-state index in [2.05, 4.69) is 18.2 Å². The van der Waals surface area contributed by atoms with E-state index < -0.39 is 12.0 Å². The van der Waals surface area contributed by atoms with Gasteiger partial charge < -0.3 is 14.9 Å². The number of esters is 1. The van der Waals surface area contributed by atoms with Gasteiger partial charge in [-0.15, -0.1) is 0 Å². The molecule has 1 saturated heterocycles. The molecule has 4 rings (SSSR count). The van der Waals surface area contributed by atoms with Crippen LogP contribution in [0.25, 0.3) is 0 Å². The molecule has 0 radical (unpaired) electrons. The number of allylic oxidation sites excluding steroid dienone is 4. The Hall–Kier alpha value is -1.46. The smallest absolute Gasteiger partial charge is 0.306 e. The van der Waals surface area contributed by atoms with Crippen LogP contribution in [0.5, 0.6) is 0 Å². The van der Waals surface area contributed by atoms with Gasteiger partial charge in [-0.2, -0.15) is 0 Å². The lowest BCUT2D eigenvalue weighted by molar-refractivity contribution is -0.151. The molecule has 9 atom stereocenters. The van der Waals surface area contributed by atoms with E-state index in [0.717, 1.165) is 32.1 Å². The summed E-state index contributed by atoms with van der Waals surface area (Å²) >= 11 is 0. The second-order valence-electron chi connectivity index (χ2n) is 9.60. The normalized spacial score (nSPS) is 45.4. The van der Waals surface area contributed by atoms with Crippen molar-refractivity contribution in [2.75, 3.05) is 0 Å². The molecule has 3 aliphatic carbocycles. The minimum atomic E-state index is -0.670. The van der Waals surface area contributed by atoms with Crippen molar-refractivity contribution in [1.82, 2.24) is 0 Å². The SMILES string of the molecule is CC[C@H]1CCC[C@H](O)[C@@H](C)C(=O)C2=C[C@@H]3[C@@H](C=C[C@@H]4C[C@@H](O)C[C@@H]34)[C@@H]2CC(=O)O1. The molecule has 0 aromatic heterocycles. The molecule has 0 unspecified atom stereocenters. The second kappa shape index (κ2) is 8.35. The first kappa shape index (κ1) is 20.8. The molecule has 0 aromatic carbocycles. The van der Waals surface area contributed by atoms with Crippen molar-refractivity contribution in [2.24, 2.45) is 35.5 Å². The average Bonchev–Trinajstić information content (AvgIpc) is 3.24. The fourth-order valence-corrected chi connectivity index (χ4v) is 6.11. The average molecular weight is 403 g/mol. The third-order valence-corrected chi connectivity index (χ3v) is 7.84. The van der Waals surface area contributed by atoms with Crippen molar-refractivity contribution in [3.63, 3.8) is 0 Å². The van der Waals surface area contributed by atoms with Gasteiger partial charge in [0, 0.05) is 11.8 Å². The summed E-state index contributed by atoms with van der Waals surface area (Å²) in [6, 6.07) is 0. The Kier molecular flexibility index (Phi) is 5.99. The Morgan fingerprint density at radius 1 is 1.10 bits per heavy atom. The minimum absolute atomic E-state index is 0.0270. The molecule has 1 heterocycles. The zero-order valence-electron chi connectivity index (χ0n) is 17.5. The molecular formula is C24H34O5. The van der Waals surface area contributed by atoms with Crippen LogP contribution in [-0.2, 0) is 14.3 Å². The maximum Gasteiger partial charge on any atom is 0.306 e. The number of carbonyl (C=O) groups is 2. The number of carbonyl (C=O) groups excluding carboxylic acids is 2. The maximum absolute atomic E-state index is 13.3. The molecule has 0 bridgehead atoms. The van der Waals surface area contributed by atoms with E-state index >= 15 is 0 Å². The summed E-state index contributed by atoms with van der Waals surface area (Å²) in [5, 5.41) is 20.8. The van der Waals surface area contributed by atoms with Crippen LogP contribution < -0.4 is 0 Å². The third kappa shape index (κ3) is 3.96. The molecular weight excluding hydrogens is 368 g/mol. The monoisotopic (exact) mass is 402 g/mol. The summed E-state index contributed by atoms with van der Waals surface area (Å²) in [6.07, 6.45) is 9.87. The summed E-state index contributed by atoms with van der Waals surface area (Å²) < 4.78 is 5.74. The van der Waals surface area contributed by atoms with Gasteiger partial charge in [0.25, 0.3) is 0 Å². The predicted octanol–water partition coefficient (Wildman–Crippen LogP) is 3.19. The van der Waals surface area contributed by atoms with Crippen molar-refractivity contribution >= 4 is 11.8 Å². The molecule has 0 spiro atoms. The number of aliphatic hydroxyl groups is 2. The van der Waals surface area contributed by atoms with Crippen LogP contribution in [-0.4, -0.2) is 40.3 Å². The first-order valence-electron chi connectivity index (χ1n) is 11.4. The topological polar surface area (TPSA) is 83.8 Å². The van der Waals surface area contributed by atoms with E-state index in [1.54, 1.807) is 0 Å². The lowest BCUT2D eigenvalue weighted by atomic mass is 9.70. The first-order chi connectivity index (χ1) is 13.9. The summed E-state index contributed by atoms with van der Waals surface area (Å²) in [5.41, 5.74) is 0.698. The number of hydrogen-bond acceptors (Lipinski definition) is 5. The standard InChI is InChI=1S/C24H34O5/c1-3-16-5-4-6-22(26)13(2)24(28)21-11-19-17(20(21)12-23(27)29-16)8-7-14-9-15(25)10-18(14)19/h7-8,11,13-20,22,25-26H,3-6,9-10,12H2,1-2H3/t13-,14-,15-,16+,17-,18-,19-,20+,22+/m1/s1. The van der Waals surface area contributed by atoms with Crippen molar-refractivity contribution in [3.8, 4) is 0 Å². The lowest BCUT2D eigenvalue weighted by Gasteiger charge is -2.34. The summed E-state index contributed by atoms with van der Waals surface area (Å²) in [7, 11) is 0. The highest BCUT2D eigenvalue weighted by Crippen LogP contribution is 2.53. The molecule has 1 aliphatic heterocycles. The van der Waals surface area contributed by atoms with Crippen LogP contribution in [0.3, 0.4) is 0 Å². The highest BCUT2D eigenvalue weighted by molar-refractivity contribution is 5.99. The van der Waals surface area contributed by atoms with Crippen LogP contribution in [0.1, 0.15) is 58.8 Å². The van der Waals surface area contributed by atoms with Gasteiger partial charge >= 0.3 is 5.97 Å². The Labute approximate surface area is 173 Å². The fourth-order valence-electron chi connectivity index (χ4n) is 6.11. The van der Waals surface area contributed by atoms with Crippen LogP contribution in [0.2, 0.25) is 0 Å². The molecule has 160 valence electrons. The first-order valence-corrected chi connectivity index (χ1v) is 11.4. The van der Waals surface area contributed by atoms with Gasteiger partial charge in [-0.3, -0.25) is 9.59 Å². The van der Waals surface area contributed by atoms with Gasteiger partial charge in [-0.05, 0) is 67.8 Å². The quantitative estimate of drug-likeness (QED) is 0.520. The number of ether oxygens (including phenoxy) is 1. The van der Waals surface area contributed by atoms with E-state index in [4.69, 9.17) is 4.74 Å². The Bertz CT molecular complexity index is 710. The molecule has 2 fully saturated rings. The van der Waals surface area contributed by atoms with Crippen LogP contribution >= 0.6 is 0 Å². The fraction of sp³-hybridized carbons (Fsp3) is 0.750. The summed E-state index contributed by atoms with van der Waals surface area (Å²) in [5.74, 6) is 0.0330. The van der Waals surface area contributed by atoms with Crippen LogP contribution in [0, 0.1) is 35.5 Å². The second-order valence-corrected chi connectivity index (χ2v) is 9.60. The van der Waals surface area contributed by atoms with Crippen molar-refractivity contribution in [1.29, 1.82) is 0 Å². The largest absolute Gasteiger partial charge is 0.462 e. The number of fused-ring (bicyclic) bond motifs is 5. The zero-order valence-corrected chi connectivity index (χ0v) is 17.5. The number of rotatable bonds is 1. The predicted molar refractivity (Wildman–Crippen MR) is 109 cm³/mol. The van der Waals surface area contributed by atoms with E-state index in [9.17, 15) is 19.8 Å². The van der Waals surface area contributed by atoms with Gasteiger partial charge in [0.15, 0.2) is 5.78 Å². The van der Waals surface area contributed by atoms with Gasteiger partial charge in [-0.25, -0.2) is 0 Å². The van der Waals surface area contributed by atoms with Gasteiger partial charge in [0.2, 0.25) is 0 Å². The van der Waals surface area contributed by atoms with Crippen molar-refractivity contribution in [3.05, 3.63) is 23.8 Å². The highest BCUT2D eigenvalue weighted by Gasteiger charge is 2.49. The van der Waals surface area contributed by atoms with Crippen LogP contribution in [0.4, 0.5) is 0 Å². The van der Waals surface area contributed by atoms with Gasteiger partial charge in [0.1, 0.15) is 6.10 Å².